The van der Waals surface area contributed by atoms with Crippen LogP contribution in [0, 0.1) is 5.92 Å². The second-order valence-electron chi connectivity index (χ2n) is 5.65. The lowest BCUT2D eigenvalue weighted by Crippen LogP contribution is -2.24. The van der Waals surface area contributed by atoms with Crippen LogP contribution in [0.3, 0.4) is 0 Å². The lowest BCUT2D eigenvalue weighted by Gasteiger charge is -2.28. The van der Waals surface area contributed by atoms with Crippen molar-refractivity contribution in [3.05, 3.63) is 28.8 Å². The third kappa shape index (κ3) is 3.87. The molecule has 0 amide bonds. The molecule has 1 aliphatic carbocycles. The summed E-state index contributed by atoms with van der Waals surface area (Å²) >= 11 is 6.27. The van der Waals surface area contributed by atoms with Crippen molar-refractivity contribution in [1.29, 1.82) is 0 Å². The maximum atomic E-state index is 6.27. The molecule has 1 atom stereocenters. The Bertz CT molecular complexity index is 411. The second kappa shape index (κ2) is 6.62. The van der Waals surface area contributed by atoms with E-state index >= 15 is 0 Å². The van der Waals surface area contributed by atoms with Crippen LogP contribution in [0.1, 0.15) is 57.6 Å². The summed E-state index contributed by atoms with van der Waals surface area (Å²) in [6.45, 7) is 4.23. The van der Waals surface area contributed by atoms with Crippen molar-refractivity contribution in [3.63, 3.8) is 0 Å². The van der Waals surface area contributed by atoms with Crippen molar-refractivity contribution in [2.45, 2.75) is 58.1 Å². The molecule has 106 valence electrons. The topological polar surface area (TPSA) is 35.2 Å². The van der Waals surface area contributed by atoms with Gasteiger partial charge < -0.3 is 10.5 Å². The summed E-state index contributed by atoms with van der Waals surface area (Å²) in [5, 5.41) is 0.674. The van der Waals surface area contributed by atoms with Crippen molar-refractivity contribution < 1.29 is 4.74 Å². The van der Waals surface area contributed by atoms with Gasteiger partial charge in [-0.2, -0.15) is 0 Å². The van der Waals surface area contributed by atoms with Crippen LogP contribution in [0.25, 0.3) is 0 Å². The maximum Gasteiger partial charge on any atom is 0.138 e. The van der Waals surface area contributed by atoms with Crippen LogP contribution in [0.15, 0.2) is 18.2 Å². The molecule has 1 saturated carbocycles. The van der Waals surface area contributed by atoms with E-state index in [4.69, 9.17) is 22.1 Å². The highest BCUT2D eigenvalue weighted by Crippen LogP contribution is 2.33. The van der Waals surface area contributed by atoms with E-state index in [-0.39, 0.29) is 6.04 Å². The molecular formula is C16H24ClNO. The molecule has 1 aromatic rings. The Hall–Kier alpha value is -0.730. The number of hydrogen-bond donors (Lipinski definition) is 1. The molecule has 1 aliphatic rings. The summed E-state index contributed by atoms with van der Waals surface area (Å²) < 4.78 is 6.04. The molecule has 2 rings (SSSR count). The van der Waals surface area contributed by atoms with Gasteiger partial charge in [-0.05, 0) is 56.2 Å². The predicted octanol–water partition coefficient (Wildman–Crippen LogP) is 4.71. The monoisotopic (exact) mass is 281 g/mol. The van der Waals surface area contributed by atoms with E-state index in [2.05, 4.69) is 6.92 Å². The molecule has 0 unspecified atom stereocenters. The highest BCUT2D eigenvalue weighted by molar-refractivity contribution is 6.32. The third-order valence-electron chi connectivity index (χ3n) is 4.15. The Morgan fingerprint density at radius 1 is 1.32 bits per heavy atom. The SMILES string of the molecule is CCC1CCC(Oc2ccc([C@H](C)N)cc2Cl)CC1. The Labute approximate surface area is 121 Å². The van der Waals surface area contributed by atoms with Crippen LogP contribution < -0.4 is 10.5 Å². The molecule has 0 saturated heterocycles. The van der Waals surface area contributed by atoms with Gasteiger partial charge in [-0.25, -0.2) is 0 Å². The van der Waals surface area contributed by atoms with Crippen molar-refractivity contribution in [1.82, 2.24) is 0 Å². The average molecular weight is 282 g/mol. The predicted molar refractivity (Wildman–Crippen MR) is 80.7 cm³/mol. The Kier molecular flexibility index (Phi) is 5.12. The zero-order valence-electron chi connectivity index (χ0n) is 11.9. The van der Waals surface area contributed by atoms with Crippen LogP contribution in [-0.4, -0.2) is 6.10 Å². The zero-order chi connectivity index (χ0) is 13.8. The Balaban J connectivity index is 1.96. The molecule has 0 spiro atoms. The molecule has 0 bridgehead atoms. The summed E-state index contributed by atoms with van der Waals surface area (Å²) in [5.41, 5.74) is 6.90. The molecule has 0 heterocycles. The van der Waals surface area contributed by atoms with E-state index in [1.165, 1.54) is 19.3 Å². The van der Waals surface area contributed by atoms with Crippen molar-refractivity contribution >= 4 is 11.6 Å². The number of hydrogen-bond acceptors (Lipinski definition) is 2. The summed E-state index contributed by atoms with van der Waals surface area (Å²) in [5.74, 6) is 1.68. The van der Waals surface area contributed by atoms with E-state index in [1.807, 2.05) is 25.1 Å². The minimum Gasteiger partial charge on any atom is -0.489 e. The van der Waals surface area contributed by atoms with Gasteiger partial charge in [0.15, 0.2) is 0 Å². The molecule has 3 heteroatoms. The van der Waals surface area contributed by atoms with Gasteiger partial charge in [-0.1, -0.05) is 31.0 Å². The molecule has 0 aromatic heterocycles. The summed E-state index contributed by atoms with van der Waals surface area (Å²) in [7, 11) is 0. The maximum absolute atomic E-state index is 6.27. The van der Waals surface area contributed by atoms with Gasteiger partial charge in [0, 0.05) is 6.04 Å². The quantitative estimate of drug-likeness (QED) is 0.868. The molecule has 2 nitrogen and oxygen atoms in total. The number of nitrogens with two attached hydrogens (primary N) is 1. The molecule has 19 heavy (non-hydrogen) atoms. The summed E-state index contributed by atoms with van der Waals surface area (Å²) in [4.78, 5) is 0. The molecular weight excluding hydrogens is 258 g/mol. The first-order valence-electron chi connectivity index (χ1n) is 7.31. The van der Waals surface area contributed by atoms with Crippen LogP contribution >= 0.6 is 11.6 Å². The van der Waals surface area contributed by atoms with E-state index in [9.17, 15) is 0 Å². The fraction of sp³-hybridized carbons (Fsp3) is 0.625. The first-order valence-corrected chi connectivity index (χ1v) is 7.69. The lowest BCUT2D eigenvalue weighted by molar-refractivity contribution is 0.130. The first-order chi connectivity index (χ1) is 9.10. The van der Waals surface area contributed by atoms with E-state index < -0.39 is 0 Å². The fourth-order valence-corrected chi connectivity index (χ4v) is 2.97. The van der Waals surface area contributed by atoms with Crippen molar-refractivity contribution in [3.8, 4) is 5.75 Å². The minimum absolute atomic E-state index is 0.00606. The Morgan fingerprint density at radius 3 is 2.53 bits per heavy atom. The molecule has 2 N–H and O–H groups in total. The minimum atomic E-state index is 0.00606. The number of halogens is 1. The smallest absolute Gasteiger partial charge is 0.138 e. The number of benzene rings is 1. The van der Waals surface area contributed by atoms with Gasteiger partial charge in [0.25, 0.3) is 0 Å². The molecule has 0 aliphatic heterocycles. The van der Waals surface area contributed by atoms with E-state index in [1.54, 1.807) is 0 Å². The number of ether oxygens (including phenoxy) is 1. The van der Waals surface area contributed by atoms with Crippen molar-refractivity contribution in [2.24, 2.45) is 11.7 Å². The molecule has 1 aromatic carbocycles. The van der Waals surface area contributed by atoms with Gasteiger partial charge >= 0.3 is 0 Å². The van der Waals surface area contributed by atoms with Crippen LogP contribution in [0.5, 0.6) is 5.75 Å². The van der Waals surface area contributed by atoms with Crippen molar-refractivity contribution in [2.75, 3.05) is 0 Å². The fourth-order valence-electron chi connectivity index (χ4n) is 2.73. The van der Waals surface area contributed by atoms with Gasteiger partial charge in [0.1, 0.15) is 5.75 Å². The molecule has 1 fully saturated rings. The normalized spacial score (nSPS) is 25.1. The summed E-state index contributed by atoms with van der Waals surface area (Å²) in [6, 6.07) is 5.88. The van der Waals surface area contributed by atoms with Gasteiger partial charge in [0.05, 0.1) is 11.1 Å². The van der Waals surface area contributed by atoms with Crippen LogP contribution in [-0.2, 0) is 0 Å². The highest BCUT2D eigenvalue weighted by Gasteiger charge is 2.21. The first kappa shape index (κ1) is 14.7. The summed E-state index contributed by atoms with van der Waals surface area (Å²) in [6.07, 6.45) is 6.44. The largest absolute Gasteiger partial charge is 0.489 e. The van der Waals surface area contributed by atoms with E-state index in [0.29, 0.717) is 11.1 Å². The average Bonchev–Trinajstić information content (AvgIpc) is 2.41. The van der Waals surface area contributed by atoms with Crippen LogP contribution in [0.2, 0.25) is 5.02 Å². The second-order valence-corrected chi connectivity index (χ2v) is 6.05. The Morgan fingerprint density at radius 2 is 2.00 bits per heavy atom. The van der Waals surface area contributed by atoms with Gasteiger partial charge in [0.2, 0.25) is 0 Å². The lowest BCUT2D eigenvalue weighted by atomic mass is 9.86. The van der Waals surface area contributed by atoms with Gasteiger partial charge in [-0.3, -0.25) is 0 Å². The highest BCUT2D eigenvalue weighted by atomic mass is 35.5. The standard InChI is InChI=1S/C16H24ClNO/c1-3-12-4-7-14(8-5-12)19-16-9-6-13(11(2)18)10-15(16)17/h6,9-12,14H,3-5,7-8,18H2,1-2H3/t11-,12?,14?/m0/s1. The third-order valence-corrected chi connectivity index (χ3v) is 4.44. The zero-order valence-corrected chi connectivity index (χ0v) is 12.6. The number of rotatable bonds is 4. The molecule has 0 radical (unpaired) electrons. The van der Waals surface area contributed by atoms with E-state index in [0.717, 1.165) is 30.1 Å². The van der Waals surface area contributed by atoms with Gasteiger partial charge in [-0.15, -0.1) is 0 Å². The van der Waals surface area contributed by atoms with Crippen LogP contribution in [0.4, 0.5) is 0 Å².